The van der Waals surface area contributed by atoms with Crippen LogP contribution in [0.5, 0.6) is 0 Å². The smallest absolute Gasteiger partial charge is 0.229 e. The summed E-state index contributed by atoms with van der Waals surface area (Å²) in [6, 6.07) is 3.63. The van der Waals surface area contributed by atoms with E-state index < -0.39 is 6.10 Å². The van der Waals surface area contributed by atoms with Crippen LogP contribution in [-0.4, -0.2) is 28.6 Å². The minimum absolute atomic E-state index is 0.0466. The minimum atomic E-state index is -0.555. The molecule has 1 aromatic rings. The number of aromatic nitrogens is 1. The van der Waals surface area contributed by atoms with E-state index in [9.17, 15) is 9.90 Å². The van der Waals surface area contributed by atoms with Crippen molar-refractivity contribution in [1.29, 1.82) is 0 Å². The van der Waals surface area contributed by atoms with E-state index in [1.165, 1.54) is 0 Å². The van der Waals surface area contributed by atoms with Crippen molar-refractivity contribution in [1.82, 2.24) is 4.98 Å². The van der Waals surface area contributed by atoms with Crippen molar-refractivity contribution in [2.45, 2.75) is 19.4 Å². The number of β-amino-alcohol motifs (C(OH)–C–C–N with tert-alkyl or cyclic N) is 1. The summed E-state index contributed by atoms with van der Waals surface area (Å²) in [7, 11) is 0. The molecule has 1 fully saturated rings. The molecule has 1 unspecified atom stereocenters. The third kappa shape index (κ3) is 2.03. The number of carbonyl (C=O) groups is 1. The average molecular weight is 271 g/mol. The summed E-state index contributed by atoms with van der Waals surface area (Å²) >= 11 is 3.27. The molecule has 1 amide bonds. The minimum Gasteiger partial charge on any atom is -0.391 e. The van der Waals surface area contributed by atoms with E-state index in [-0.39, 0.29) is 12.3 Å². The Morgan fingerprint density at radius 1 is 1.60 bits per heavy atom. The molecule has 0 saturated carbocycles. The van der Waals surface area contributed by atoms with Crippen LogP contribution < -0.4 is 4.90 Å². The Balaban J connectivity index is 2.34. The number of aliphatic hydroxyl groups is 1. The van der Waals surface area contributed by atoms with Crippen LogP contribution in [0.4, 0.5) is 5.69 Å². The fourth-order valence-corrected chi connectivity index (χ4v) is 2.13. The van der Waals surface area contributed by atoms with Gasteiger partial charge < -0.3 is 10.0 Å². The van der Waals surface area contributed by atoms with Gasteiger partial charge in [-0.2, -0.15) is 0 Å². The number of carbonyl (C=O) groups excluding carboxylic acids is 1. The van der Waals surface area contributed by atoms with Crippen molar-refractivity contribution in [3.05, 3.63) is 22.4 Å². The van der Waals surface area contributed by atoms with Crippen molar-refractivity contribution >= 4 is 27.5 Å². The van der Waals surface area contributed by atoms with Gasteiger partial charge in [0.2, 0.25) is 5.91 Å². The van der Waals surface area contributed by atoms with E-state index in [1.54, 1.807) is 11.0 Å². The predicted molar refractivity (Wildman–Crippen MR) is 59.7 cm³/mol. The fourth-order valence-electron chi connectivity index (χ4n) is 1.73. The van der Waals surface area contributed by atoms with E-state index in [1.807, 2.05) is 13.0 Å². The number of nitrogens with zero attached hydrogens (tertiary/aromatic N) is 2. The Morgan fingerprint density at radius 2 is 2.33 bits per heavy atom. The molecular formula is C10H11BrN2O2. The zero-order valence-electron chi connectivity index (χ0n) is 8.27. The molecule has 1 aliphatic heterocycles. The number of amides is 1. The van der Waals surface area contributed by atoms with Crippen molar-refractivity contribution in [2.24, 2.45) is 0 Å². The lowest BCUT2D eigenvalue weighted by atomic mass is 10.3. The van der Waals surface area contributed by atoms with Crippen LogP contribution in [0.3, 0.4) is 0 Å². The lowest BCUT2D eigenvalue weighted by Gasteiger charge is -2.17. The summed E-state index contributed by atoms with van der Waals surface area (Å²) in [6.07, 6.45) is -0.351. The van der Waals surface area contributed by atoms with Crippen molar-refractivity contribution in [3.63, 3.8) is 0 Å². The van der Waals surface area contributed by atoms with Crippen molar-refractivity contribution in [2.75, 3.05) is 11.4 Å². The molecule has 1 atom stereocenters. The molecule has 1 aromatic heterocycles. The van der Waals surface area contributed by atoms with Crippen molar-refractivity contribution in [3.8, 4) is 0 Å². The number of aliphatic hydroxyl groups excluding tert-OH is 1. The Labute approximate surface area is 96.1 Å². The molecule has 0 aromatic carbocycles. The molecule has 2 rings (SSSR count). The van der Waals surface area contributed by atoms with E-state index in [0.29, 0.717) is 6.54 Å². The highest BCUT2D eigenvalue weighted by Gasteiger charge is 2.30. The second kappa shape index (κ2) is 3.90. The van der Waals surface area contributed by atoms with E-state index in [0.717, 1.165) is 16.0 Å². The summed E-state index contributed by atoms with van der Waals surface area (Å²) in [5, 5.41) is 9.38. The summed E-state index contributed by atoms with van der Waals surface area (Å²) in [6.45, 7) is 2.21. The molecule has 0 aliphatic carbocycles. The van der Waals surface area contributed by atoms with Gasteiger partial charge in [-0.3, -0.25) is 4.79 Å². The molecule has 80 valence electrons. The summed E-state index contributed by atoms with van der Waals surface area (Å²) in [4.78, 5) is 17.4. The first-order valence-corrected chi connectivity index (χ1v) is 5.49. The number of hydrogen-bond acceptors (Lipinski definition) is 3. The highest BCUT2D eigenvalue weighted by atomic mass is 79.9. The molecule has 15 heavy (non-hydrogen) atoms. The number of hydrogen-bond donors (Lipinski definition) is 1. The van der Waals surface area contributed by atoms with Gasteiger partial charge in [0.15, 0.2) is 0 Å². The molecule has 4 nitrogen and oxygen atoms in total. The second-order valence-corrected chi connectivity index (χ2v) is 4.41. The van der Waals surface area contributed by atoms with Crippen LogP contribution in [0.1, 0.15) is 12.1 Å². The van der Waals surface area contributed by atoms with Gasteiger partial charge in [-0.1, -0.05) is 0 Å². The Bertz CT molecular complexity index is 408. The Morgan fingerprint density at radius 3 is 2.87 bits per heavy atom. The molecule has 2 heterocycles. The monoisotopic (exact) mass is 270 g/mol. The van der Waals surface area contributed by atoms with Crippen LogP contribution in [0, 0.1) is 6.92 Å². The normalized spacial score (nSPS) is 21.1. The third-order valence-corrected chi connectivity index (χ3v) is 2.86. The summed E-state index contributed by atoms with van der Waals surface area (Å²) in [5.41, 5.74) is 1.56. The summed E-state index contributed by atoms with van der Waals surface area (Å²) in [5.74, 6) is -0.0466. The zero-order valence-corrected chi connectivity index (χ0v) is 9.86. The maximum atomic E-state index is 11.5. The largest absolute Gasteiger partial charge is 0.391 e. The highest BCUT2D eigenvalue weighted by Crippen LogP contribution is 2.25. The molecule has 0 bridgehead atoms. The van der Waals surface area contributed by atoms with Gasteiger partial charge >= 0.3 is 0 Å². The average Bonchev–Trinajstić information content (AvgIpc) is 2.45. The predicted octanol–water partition coefficient (Wildman–Crippen LogP) is 1.25. The van der Waals surface area contributed by atoms with Gasteiger partial charge in [0.1, 0.15) is 4.60 Å². The van der Waals surface area contributed by atoms with Crippen LogP contribution in [-0.2, 0) is 4.79 Å². The van der Waals surface area contributed by atoms with Crippen LogP contribution in [0.25, 0.3) is 0 Å². The van der Waals surface area contributed by atoms with Gasteiger partial charge in [-0.25, -0.2) is 4.98 Å². The number of halogens is 1. The number of anilines is 1. The van der Waals surface area contributed by atoms with E-state index in [2.05, 4.69) is 20.9 Å². The van der Waals surface area contributed by atoms with E-state index in [4.69, 9.17) is 0 Å². The van der Waals surface area contributed by atoms with Crippen molar-refractivity contribution < 1.29 is 9.90 Å². The molecule has 5 heteroatoms. The van der Waals surface area contributed by atoms with Gasteiger partial charge in [0.05, 0.1) is 30.5 Å². The van der Waals surface area contributed by atoms with Gasteiger partial charge in [-0.15, -0.1) is 0 Å². The molecule has 1 N–H and O–H groups in total. The Kier molecular flexibility index (Phi) is 2.75. The summed E-state index contributed by atoms with van der Waals surface area (Å²) < 4.78 is 0.746. The maximum Gasteiger partial charge on any atom is 0.229 e. The highest BCUT2D eigenvalue weighted by molar-refractivity contribution is 9.10. The lowest BCUT2D eigenvalue weighted by Crippen LogP contribution is -2.26. The number of pyridine rings is 1. The molecule has 1 saturated heterocycles. The topological polar surface area (TPSA) is 53.4 Å². The van der Waals surface area contributed by atoms with Gasteiger partial charge in [0.25, 0.3) is 0 Å². The van der Waals surface area contributed by atoms with E-state index >= 15 is 0 Å². The molecule has 0 radical (unpaired) electrons. The van der Waals surface area contributed by atoms with Gasteiger partial charge in [-0.05, 0) is 35.0 Å². The molecule has 0 spiro atoms. The number of aryl methyl sites for hydroxylation is 1. The number of rotatable bonds is 1. The maximum absolute atomic E-state index is 11.5. The standard InChI is InChI=1S/C10H11BrN2O2/c1-6-8(2-3-9(11)12-6)13-5-7(14)4-10(13)15/h2-3,7,14H,4-5H2,1H3. The molecule has 1 aliphatic rings. The van der Waals surface area contributed by atoms with Crippen LogP contribution in [0.15, 0.2) is 16.7 Å². The Hall–Kier alpha value is -0.940. The SMILES string of the molecule is Cc1nc(Br)ccc1N1CC(O)CC1=O. The first-order chi connectivity index (χ1) is 7.08. The first kappa shape index (κ1) is 10.6. The molecular weight excluding hydrogens is 260 g/mol. The second-order valence-electron chi connectivity index (χ2n) is 3.60. The first-order valence-electron chi connectivity index (χ1n) is 4.69. The third-order valence-electron chi connectivity index (χ3n) is 2.42. The fraction of sp³-hybridized carbons (Fsp3) is 0.400. The quantitative estimate of drug-likeness (QED) is 0.782. The van der Waals surface area contributed by atoms with Gasteiger partial charge in [0, 0.05) is 0 Å². The van der Waals surface area contributed by atoms with Crippen LogP contribution >= 0.6 is 15.9 Å². The zero-order chi connectivity index (χ0) is 11.0. The lowest BCUT2D eigenvalue weighted by molar-refractivity contribution is -0.117. The van der Waals surface area contributed by atoms with Crippen LogP contribution in [0.2, 0.25) is 0 Å².